The number of rotatable bonds is 2. The van der Waals surface area contributed by atoms with Crippen LogP contribution in [0, 0.1) is 18.6 Å². The fourth-order valence-corrected chi connectivity index (χ4v) is 2.19. The zero-order chi connectivity index (χ0) is 14.9. The van der Waals surface area contributed by atoms with Crippen molar-refractivity contribution in [2.24, 2.45) is 0 Å². The topological polar surface area (TPSA) is 55.1 Å². The fraction of sp³-hybridized carbons (Fsp3) is 0.0714. The van der Waals surface area contributed by atoms with Gasteiger partial charge in [0.05, 0.1) is 0 Å². The van der Waals surface area contributed by atoms with Gasteiger partial charge in [-0.15, -0.1) is 0 Å². The van der Waals surface area contributed by atoms with Gasteiger partial charge in [-0.2, -0.15) is 0 Å². The van der Waals surface area contributed by atoms with Crippen molar-refractivity contribution < 1.29 is 13.6 Å². The number of carbonyl (C=O) groups excluding carboxylic acids is 1. The third-order valence-corrected chi connectivity index (χ3v) is 3.20. The van der Waals surface area contributed by atoms with E-state index in [9.17, 15) is 13.6 Å². The first-order valence-electron chi connectivity index (χ1n) is 5.70. The van der Waals surface area contributed by atoms with Crippen molar-refractivity contribution in [2.45, 2.75) is 6.92 Å². The summed E-state index contributed by atoms with van der Waals surface area (Å²) >= 11 is 2.97. The van der Waals surface area contributed by atoms with Crippen LogP contribution in [0.25, 0.3) is 0 Å². The summed E-state index contributed by atoms with van der Waals surface area (Å²) in [5, 5.41) is 2.23. The summed E-state index contributed by atoms with van der Waals surface area (Å²) in [4.78, 5) is 12.0. The number of nitrogens with two attached hydrogens (primary N) is 1. The van der Waals surface area contributed by atoms with Crippen molar-refractivity contribution in [1.82, 2.24) is 0 Å². The Hall–Kier alpha value is -1.95. The molecule has 3 N–H and O–H groups in total. The molecule has 0 radical (unpaired) electrons. The highest BCUT2D eigenvalue weighted by Gasteiger charge is 2.16. The first-order chi connectivity index (χ1) is 9.38. The number of halogens is 3. The number of hydrogen-bond donors (Lipinski definition) is 2. The van der Waals surface area contributed by atoms with Gasteiger partial charge in [-0.25, -0.2) is 8.78 Å². The van der Waals surface area contributed by atoms with Gasteiger partial charge in [0.1, 0.15) is 5.69 Å². The molecule has 0 aliphatic heterocycles. The van der Waals surface area contributed by atoms with Gasteiger partial charge in [-0.1, -0.05) is 15.9 Å². The lowest BCUT2D eigenvalue weighted by molar-refractivity contribution is 0.102. The summed E-state index contributed by atoms with van der Waals surface area (Å²) < 4.78 is 27.6. The first kappa shape index (κ1) is 14.5. The van der Waals surface area contributed by atoms with E-state index in [1.54, 1.807) is 19.1 Å². The Morgan fingerprint density at radius 3 is 2.35 bits per heavy atom. The summed E-state index contributed by atoms with van der Waals surface area (Å²) in [5.41, 5.74) is 6.56. The highest BCUT2D eigenvalue weighted by atomic mass is 79.9. The van der Waals surface area contributed by atoms with Crippen LogP contribution >= 0.6 is 15.9 Å². The van der Waals surface area contributed by atoms with Gasteiger partial charge in [0.25, 0.3) is 5.91 Å². The van der Waals surface area contributed by atoms with E-state index in [2.05, 4.69) is 21.2 Å². The average molecular weight is 341 g/mol. The van der Waals surface area contributed by atoms with Gasteiger partial charge in [-0.05, 0) is 42.8 Å². The molecule has 0 spiro atoms. The van der Waals surface area contributed by atoms with Gasteiger partial charge < -0.3 is 11.1 Å². The molecule has 0 bridgehead atoms. The van der Waals surface area contributed by atoms with Gasteiger partial charge in [-0.3, -0.25) is 4.79 Å². The first-order valence-corrected chi connectivity index (χ1v) is 6.50. The maximum atomic E-state index is 13.6. The Morgan fingerprint density at radius 1 is 1.20 bits per heavy atom. The van der Waals surface area contributed by atoms with E-state index < -0.39 is 23.2 Å². The highest BCUT2D eigenvalue weighted by Crippen LogP contribution is 2.24. The van der Waals surface area contributed by atoms with Crippen molar-refractivity contribution in [3.05, 3.63) is 57.6 Å². The smallest absolute Gasteiger partial charge is 0.256 e. The van der Waals surface area contributed by atoms with E-state index in [0.29, 0.717) is 16.8 Å². The molecule has 2 aromatic rings. The lowest BCUT2D eigenvalue weighted by Crippen LogP contribution is -2.15. The molecule has 0 aromatic heterocycles. The van der Waals surface area contributed by atoms with Crippen LogP contribution in [-0.2, 0) is 0 Å². The van der Waals surface area contributed by atoms with Crippen LogP contribution in [0.5, 0.6) is 0 Å². The summed E-state index contributed by atoms with van der Waals surface area (Å²) in [6.07, 6.45) is 0. The summed E-state index contributed by atoms with van der Waals surface area (Å²) in [7, 11) is 0. The third kappa shape index (κ3) is 2.96. The van der Waals surface area contributed by atoms with E-state index in [0.717, 1.165) is 12.1 Å². The molecule has 0 saturated heterocycles. The number of amides is 1. The standard InChI is InChI=1S/C14H11BrF2N2O/c1-7-4-9(18)2-3-10(7)14(20)19-13-11(16)5-8(15)6-12(13)17/h2-6H,18H2,1H3,(H,19,20). The molecule has 0 aliphatic rings. The van der Waals surface area contributed by atoms with Crippen LogP contribution in [0.3, 0.4) is 0 Å². The van der Waals surface area contributed by atoms with Crippen LogP contribution < -0.4 is 11.1 Å². The number of benzene rings is 2. The predicted octanol–water partition coefficient (Wildman–Crippen LogP) is 3.87. The predicted molar refractivity (Wildman–Crippen MR) is 77.6 cm³/mol. The summed E-state index contributed by atoms with van der Waals surface area (Å²) in [6, 6.07) is 6.83. The van der Waals surface area contributed by atoms with Crippen LogP contribution in [0.15, 0.2) is 34.8 Å². The summed E-state index contributed by atoms with van der Waals surface area (Å²) in [6.45, 7) is 1.69. The number of aryl methyl sites for hydroxylation is 1. The number of nitrogens with one attached hydrogen (secondary N) is 1. The van der Waals surface area contributed by atoms with Crippen LogP contribution in [-0.4, -0.2) is 5.91 Å². The molecule has 0 fully saturated rings. The van der Waals surface area contributed by atoms with Crippen molar-refractivity contribution in [2.75, 3.05) is 11.1 Å². The van der Waals surface area contributed by atoms with E-state index in [1.807, 2.05) is 0 Å². The van der Waals surface area contributed by atoms with Gasteiger partial charge in [0, 0.05) is 15.7 Å². The molecule has 104 valence electrons. The molecule has 0 aliphatic carbocycles. The molecule has 2 aromatic carbocycles. The molecular weight excluding hydrogens is 330 g/mol. The number of anilines is 2. The number of hydrogen-bond acceptors (Lipinski definition) is 2. The Bertz CT molecular complexity index is 666. The zero-order valence-electron chi connectivity index (χ0n) is 10.5. The SMILES string of the molecule is Cc1cc(N)ccc1C(=O)Nc1c(F)cc(Br)cc1F. The quantitative estimate of drug-likeness (QED) is 0.815. The second-order valence-corrected chi connectivity index (χ2v) is 5.19. The molecule has 0 saturated carbocycles. The van der Waals surface area contributed by atoms with Crippen LogP contribution in [0.4, 0.5) is 20.2 Å². The van der Waals surface area contributed by atoms with Gasteiger partial charge >= 0.3 is 0 Å². The van der Waals surface area contributed by atoms with E-state index >= 15 is 0 Å². The summed E-state index contributed by atoms with van der Waals surface area (Å²) in [5.74, 6) is -2.29. The van der Waals surface area contributed by atoms with Crippen molar-refractivity contribution in [3.63, 3.8) is 0 Å². The largest absolute Gasteiger partial charge is 0.399 e. The Morgan fingerprint density at radius 2 is 1.80 bits per heavy atom. The van der Waals surface area contributed by atoms with Crippen LogP contribution in [0.2, 0.25) is 0 Å². The Labute approximate surface area is 122 Å². The number of nitrogen functional groups attached to an aromatic ring is 1. The molecule has 0 unspecified atom stereocenters. The Kier molecular flexibility index (Phi) is 4.04. The van der Waals surface area contributed by atoms with Crippen molar-refractivity contribution >= 4 is 33.2 Å². The third-order valence-electron chi connectivity index (χ3n) is 2.74. The van der Waals surface area contributed by atoms with E-state index in [1.165, 1.54) is 6.07 Å². The van der Waals surface area contributed by atoms with Gasteiger partial charge in [0.15, 0.2) is 11.6 Å². The lowest BCUT2D eigenvalue weighted by Gasteiger charge is -2.10. The fourth-order valence-electron chi connectivity index (χ4n) is 1.78. The molecule has 20 heavy (non-hydrogen) atoms. The molecule has 6 heteroatoms. The molecule has 0 atom stereocenters. The monoisotopic (exact) mass is 340 g/mol. The Balaban J connectivity index is 2.33. The molecule has 2 rings (SSSR count). The van der Waals surface area contributed by atoms with Crippen LogP contribution in [0.1, 0.15) is 15.9 Å². The minimum Gasteiger partial charge on any atom is -0.399 e. The number of carbonyl (C=O) groups is 1. The molecular formula is C14H11BrF2N2O. The molecule has 3 nitrogen and oxygen atoms in total. The molecule has 0 heterocycles. The van der Waals surface area contributed by atoms with Gasteiger partial charge in [0.2, 0.25) is 0 Å². The lowest BCUT2D eigenvalue weighted by atomic mass is 10.1. The maximum absolute atomic E-state index is 13.6. The van der Waals surface area contributed by atoms with Crippen molar-refractivity contribution in [3.8, 4) is 0 Å². The average Bonchev–Trinajstić information content (AvgIpc) is 2.33. The van der Waals surface area contributed by atoms with E-state index in [4.69, 9.17) is 5.73 Å². The highest BCUT2D eigenvalue weighted by molar-refractivity contribution is 9.10. The second-order valence-electron chi connectivity index (χ2n) is 4.27. The van der Waals surface area contributed by atoms with E-state index in [-0.39, 0.29) is 4.47 Å². The molecule has 1 amide bonds. The zero-order valence-corrected chi connectivity index (χ0v) is 12.1. The normalized spacial score (nSPS) is 10.4. The second kappa shape index (κ2) is 5.58. The van der Waals surface area contributed by atoms with Crippen molar-refractivity contribution in [1.29, 1.82) is 0 Å². The maximum Gasteiger partial charge on any atom is 0.256 e. The minimum absolute atomic E-state index is 0.258. The minimum atomic E-state index is -0.849.